The minimum Gasteiger partial charge on any atom is -0.341 e. The Balaban J connectivity index is 1.78. The van der Waals surface area contributed by atoms with Gasteiger partial charge in [-0.25, -0.2) is 5.48 Å². The second-order valence-electron chi connectivity index (χ2n) is 4.47. The molecule has 2 rings (SSSR count). The third kappa shape index (κ3) is 3.77. The van der Waals surface area contributed by atoms with E-state index in [2.05, 4.69) is 10.8 Å². The summed E-state index contributed by atoms with van der Waals surface area (Å²) >= 11 is 0. The first kappa shape index (κ1) is 13.5. The van der Waals surface area contributed by atoms with Crippen molar-refractivity contribution in [1.29, 1.82) is 0 Å². The zero-order valence-electron chi connectivity index (χ0n) is 10.5. The summed E-state index contributed by atoms with van der Waals surface area (Å²) < 4.78 is 0. The van der Waals surface area contributed by atoms with Crippen molar-refractivity contribution in [3.8, 4) is 0 Å². The highest BCUT2D eigenvalue weighted by atomic mass is 16.7. The van der Waals surface area contributed by atoms with Gasteiger partial charge in [0.25, 0.3) is 5.91 Å². The first-order chi connectivity index (χ1) is 9.16. The fourth-order valence-corrected chi connectivity index (χ4v) is 1.83. The number of carbonyl (C=O) groups excluding carboxylic acids is 2. The molecular formula is C13H17N3O3. The molecule has 1 aromatic rings. The predicted molar refractivity (Wildman–Crippen MR) is 68.8 cm³/mol. The number of nitrogens with one attached hydrogen (secondary N) is 2. The zero-order chi connectivity index (χ0) is 13.7. The van der Waals surface area contributed by atoms with E-state index >= 15 is 0 Å². The molecule has 4 N–H and O–H groups in total. The van der Waals surface area contributed by atoms with Crippen molar-refractivity contribution >= 4 is 11.8 Å². The van der Waals surface area contributed by atoms with Gasteiger partial charge in [0, 0.05) is 0 Å². The van der Waals surface area contributed by atoms with Gasteiger partial charge in [0.2, 0.25) is 5.91 Å². The summed E-state index contributed by atoms with van der Waals surface area (Å²) in [5, 5.41) is 2.56. The molecule has 6 nitrogen and oxygen atoms in total. The number of nitrogens with two attached hydrogens (primary N) is 1. The highest BCUT2D eigenvalue weighted by Gasteiger charge is 2.28. The fourth-order valence-electron chi connectivity index (χ4n) is 1.83. The molecule has 0 saturated carbocycles. The van der Waals surface area contributed by atoms with Crippen molar-refractivity contribution in [1.82, 2.24) is 10.8 Å². The Hall–Kier alpha value is -1.92. The molecule has 102 valence electrons. The van der Waals surface area contributed by atoms with Gasteiger partial charge in [-0.15, -0.1) is 0 Å². The maximum atomic E-state index is 11.8. The Morgan fingerprint density at radius 2 is 2.21 bits per heavy atom. The predicted octanol–water partition coefficient (Wildman–Crippen LogP) is -0.507. The zero-order valence-corrected chi connectivity index (χ0v) is 10.5. The third-order valence-electron chi connectivity index (χ3n) is 2.98. The average Bonchev–Trinajstić information content (AvgIpc) is 2.82. The molecule has 0 radical (unpaired) electrons. The summed E-state index contributed by atoms with van der Waals surface area (Å²) in [4.78, 5) is 27.7. The molecule has 1 aliphatic heterocycles. The van der Waals surface area contributed by atoms with Crippen LogP contribution < -0.4 is 16.5 Å². The Kier molecular flexibility index (Phi) is 4.48. The van der Waals surface area contributed by atoms with Gasteiger partial charge in [0.1, 0.15) is 12.6 Å². The smallest absolute Gasteiger partial charge is 0.268 e. The molecule has 19 heavy (non-hydrogen) atoms. The van der Waals surface area contributed by atoms with Crippen LogP contribution in [0.15, 0.2) is 30.3 Å². The Labute approximate surface area is 111 Å². The van der Waals surface area contributed by atoms with Gasteiger partial charge in [-0.3, -0.25) is 14.4 Å². The van der Waals surface area contributed by atoms with Crippen LogP contribution in [0.1, 0.15) is 12.0 Å². The van der Waals surface area contributed by atoms with E-state index in [1.165, 1.54) is 0 Å². The monoisotopic (exact) mass is 263 g/mol. The van der Waals surface area contributed by atoms with Crippen LogP contribution >= 0.6 is 0 Å². The van der Waals surface area contributed by atoms with Crippen LogP contribution in [0, 0.1) is 0 Å². The van der Waals surface area contributed by atoms with Crippen LogP contribution in [0.4, 0.5) is 0 Å². The molecule has 1 saturated heterocycles. The van der Waals surface area contributed by atoms with Gasteiger partial charge < -0.3 is 11.1 Å². The first-order valence-corrected chi connectivity index (χ1v) is 6.18. The lowest BCUT2D eigenvalue weighted by Crippen LogP contribution is -2.49. The number of hydrogen-bond acceptors (Lipinski definition) is 4. The average molecular weight is 263 g/mol. The lowest BCUT2D eigenvalue weighted by Gasteiger charge is -2.14. The largest absolute Gasteiger partial charge is 0.341 e. The summed E-state index contributed by atoms with van der Waals surface area (Å²) in [6.45, 7) is 0.135. The Morgan fingerprint density at radius 1 is 1.47 bits per heavy atom. The molecule has 0 spiro atoms. The van der Waals surface area contributed by atoms with Crippen molar-refractivity contribution < 1.29 is 14.4 Å². The van der Waals surface area contributed by atoms with Crippen molar-refractivity contribution in [2.75, 3.05) is 6.61 Å². The summed E-state index contributed by atoms with van der Waals surface area (Å²) in [7, 11) is 0. The van der Waals surface area contributed by atoms with E-state index in [0.717, 1.165) is 12.0 Å². The molecule has 1 unspecified atom stereocenters. The summed E-state index contributed by atoms with van der Waals surface area (Å²) in [5.74, 6) is -0.676. The molecule has 2 atom stereocenters. The number of amides is 2. The molecule has 1 aromatic carbocycles. The quantitative estimate of drug-likeness (QED) is 0.667. The van der Waals surface area contributed by atoms with Gasteiger partial charge >= 0.3 is 0 Å². The van der Waals surface area contributed by atoms with Crippen molar-refractivity contribution in [2.24, 2.45) is 5.73 Å². The third-order valence-corrected chi connectivity index (χ3v) is 2.98. The molecule has 0 aromatic heterocycles. The van der Waals surface area contributed by atoms with E-state index < -0.39 is 12.1 Å². The maximum absolute atomic E-state index is 11.8. The maximum Gasteiger partial charge on any atom is 0.268 e. The molecule has 1 heterocycles. The van der Waals surface area contributed by atoms with E-state index in [0.29, 0.717) is 6.42 Å². The Bertz CT molecular complexity index is 450. The SMILES string of the molecule is NC(CCc1ccccc1)C(=O)N[C@@H]1CONC1=O. The lowest BCUT2D eigenvalue weighted by atomic mass is 10.1. The van der Waals surface area contributed by atoms with Crippen LogP contribution in [0.2, 0.25) is 0 Å². The van der Waals surface area contributed by atoms with Gasteiger partial charge in [0.15, 0.2) is 0 Å². The van der Waals surface area contributed by atoms with E-state index in [-0.39, 0.29) is 18.4 Å². The number of hydrogen-bond donors (Lipinski definition) is 3. The highest BCUT2D eigenvalue weighted by molar-refractivity contribution is 5.90. The molecular weight excluding hydrogens is 246 g/mol. The van der Waals surface area contributed by atoms with Crippen molar-refractivity contribution in [3.05, 3.63) is 35.9 Å². The molecule has 1 fully saturated rings. The van der Waals surface area contributed by atoms with Crippen LogP contribution in [-0.4, -0.2) is 30.5 Å². The fraction of sp³-hybridized carbons (Fsp3) is 0.385. The lowest BCUT2D eigenvalue weighted by molar-refractivity contribution is -0.129. The van der Waals surface area contributed by atoms with Crippen LogP contribution in [0.3, 0.4) is 0 Å². The number of benzene rings is 1. The summed E-state index contributed by atoms with van der Waals surface area (Å²) in [6, 6.07) is 8.53. The minimum atomic E-state index is -0.643. The normalized spacial score (nSPS) is 19.8. The minimum absolute atomic E-state index is 0.135. The second kappa shape index (κ2) is 6.31. The standard InChI is InChI=1S/C13H17N3O3/c14-10(7-6-9-4-2-1-3-5-9)12(17)15-11-8-19-16-13(11)18/h1-5,10-11H,6-8,14H2,(H,15,17)(H,16,18)/t10?,11-/m1/s1. The van der Waals surface area contributed by atoms with E-state index in [1.54, 1.807) is 0 Å². The van der Waals surface area contributed by atoms with Gasteiger partial charge in [-0.2, -0.15) is 0 Å². The second-order valence-corrected chi connectivity index (χ2v) is 4.47. The first-order valence-electron chi connectivity index (χ1n) is 6.18. The molecule has 0 bridgehead atoms. The number of hydroxylamine groups is 1. The number of aryl methyl sites for hydroxylation is 1. The van der Waals surface area contributed by atoms with E-state index in [4.69, 9.17) is 10.6 Å². The van der Waals surface area contributed by atoms with Crippen LogP contribution in [0.5, 0.6) is 0 Å². The molecule has 0 aliphatic carbocycles. The number of rotatable bonds is 5. The van der Waals surface area contributed by atoms with Gasteiger partial charge in [0.05, 0.1) is 6.04 Å². The molecule has 2 amide bonds. The summed E-state index contributed by atoms with van der Waals surface area (Å²) in [6.07, 6.45) is 1.26. The van der Waals surface area contributed by atoms with Crippen LogP contribution in [0.25, 0.3) is 0 Å². The van der Waals surface area contributed by atoms with Crippen molar-refractivity contribution in [3.63, 3.8) is 0 Å². The molecule has 6 heteroatoms. The van der Waals surface area contributed by atoms with Crippen molar-refractivity contribution in [2.45, 2.75) is 24.9 Å². The van der Waals surface area contributed by atoms with E-state index in [9.17, 15) is 9.59 Å². The Morgan fingerprint density at radius 3 is 2.84 bits per heavy atom. The topological polar surface area (TPSA) is 93.5 Å². The molecule has 1 aliphatic rings. The van der Waals surface area contributed by atoms with Gasteiger partial charge in [-0.05, 0) is 18.4 Å². The highest BCUT2D eigenvalue weighted by Crippen LogP contribution is 2.04. The van der Waals surface area contributed by atoms with Gasteiger partial charge in [-0.1, -0.05) is 30.3 Å². The van der Waals surface area contributed by atoms with Crippen LogP contribution in [-0.2, 0) is 20.8 Å². The summed E-state index contributed by atoms with van der Waals surface area (Å²) in [5.41, 5.74) is 9.11. The van der Waals surface area contributed by atoms with E-state index in [1.807, 2.05) is 30.3 Å². The number of carbonyl (C=O) groups is 2.